The molecule has 1 amide bonds. The van der Waals surface area contributed by atoms with Gasteiger partial charge in [0.1, 0.15) is 5.82 Å². The second kappa shape index (κ2) is 8.60. The van der Waals surface area contributed by atoms with Crippen LogP contribution >= 0.6 is 11.8 Å². The van der Waals surface area contributed by atoms with Gasteiger partial charge >= 0.3 is 0 Å². The molecule has 0 saturated heterocycles. The summed E-state index contributed by atoms with van der Waals surface area (Å²) in [4.78, 5) is 21.5. The van der Waals surface area contributed by atoms with Crippen molar-refractivity contribution in [3.8, 4) is 0 Å². The number of carbonyl (C=O) groups is 1. The normalized spacial score (nSPS) is 14.9. The fraction of sp³-hybridized carbons (Fsp3) is 0.400. The van der Waals surface area contributed by atoms with Crippen LogP contribution in [0.1, 0.15) is 37.8 Å². The van der Waals surface area contributed by atoms with Gasteiger partial charge in [0.15, 0.2) is 11.0 Å². The maximum atomic E-state index is 12.2. The van der Waals surface area contributed by atoms with Gasteiger partial charge in [-0.15, -0.1) is 0 Å². The Balaban J connectivity index is 1.47. The van der Waals surface area contributed by atoms with Crippen LogP contribution in [0.2, 0.25) is 0 Å². The molecule has 2 heterocycles. The number of fused-ring (bicyclic) bond motifs is 1. The molecule has 0 radical (unpaired) electrons. The van der Waals surface area contributed by atoms with Crippen molar-refractivity contribution in [1.29, 1.82) is 0 Å². The number of nitrogens with one attached hydrogen (secondary N) is 3. The molecule has 0 atom stereocenters. The fourth-order valence-electron chi connectivity index (χ4n) is 3.46. The van der Waals surface area contributed by atoms with Gasteiger partial charge in [0.05, 0.1) is 11.3 Å². The molecule has 0 unspecified atom stereocenters. The number of para-hydroxylation sites is 1. The number of hydrogen-bond donors (Lipinski definition) is 3. The first-order valence-electron chi connectivity index (χ1n) is 9.65. The Bertz CT molecular complexity index is 966. The summed E-state index contributed by atoms with van der Waals surface area (Å²) in [5.41, 5.74) is 1.79. The Morgan fingerprint density at radius 1 is 1.21 bits per heavy atom. The van der Waals surface area contributed by atoms with E-state index in [1.54, 1.807) is 6.07 Å². The van der Waals surface area contributed by atoms with Crippen LogP contribution in [0.15, 0.2) is 35.5 Å². The molecule has 3 aromatic rings. The van der Waals surface area contributed by atoms with Gasteiger partial charge in [0, 0.05) is 23.2 Å². The molecule has 1 aliphatic rings. The van der Waals surface area contributed by atoms with Crippen LogP contribution in [0.3, 0.4) is 0 Å². The topological polar surface area (TPSA) is 95.6 Å². The molecule has 4 rings (SSSR count). The minimum Gasteiger partial charge on any atom is -0.367 e. The van der Waals surface area contributed by atoms with Crippen LogP contribution < -0.4 is 10.6 Å². The number of aromatic nitrogens is 4. The lowest BCUT2D eigenvalue weighted by Crippen LogP contribution is -2.23. The third-order valence-corrected chi connectivity index (χ3v) is 5.68. The molecule has 0 spiro atoms. The molecule has 0 aliphatic heterocycles. The maximum Gasteiger partial charge on any atom is 0.236 e. The highest BCUT2D eigenvalue weighted by Crippen LogP contribution is 2.27. The van der Waals surface area contributed by atoms with Crippen LogP contribution in [-0.2, 0) is 4.79 Å². The van der Waals surface area contributed by atoms with Crippen LogP contribution in [0.25, 0.3) is 10.9 Å². The van der Waals surface area contributed by atoms with E-state index in [9.17, 15) is 4.79 Å². The first-order valence-corrected chi connectivity index (χ1v) is 10.6. The Morgan fingerprint density at radius 3 is 2.82 bits per heavy atom. The quantitative estimate of drug-likeness (QED) is 0.428. The number of anilines is 2. The Kier molecular flexibility index (Phi) is 5.76. The van der Waals surface area contributed by atoms with E-state index in [-0.39, 0.29) is 11.7 Å². The summed E-state index contributed by atoms with van der Waals surface area (Å²) >= 11 is 1.33. The molecule has 2 aromatic heterocycles. The molecule has 1 fully saturated rings. The number of benzene rings is 1. The average molecular weight is 397 g/mol. The van der Waals surface area contributed by atoms with Gasteiger partial charge in [-0.2, -0.15) is 5.10 Å². The van der Waals surface area contributed by atoms with Crippen molar-refractivity contribution < 1.29 is 4.79 Å². The Morgan fingerprint density at radius 2 is 2.04 bits per heavy atom. The number of thioether (sulfide) groups is 1. The lowest BCUT2D eigenvalue weighted by atomic mass is 9.95. The zero-order valence-corrected chi connectivity index (χ0v) is 16.7. The standard InChI is InChI=1S/C20H24N6OS/c1-13-11-17(26-25-13)23-18(27)12-28-20-22-16-10-6-5-9-15(16)19(24-20)21-14-7-3-2-4-8-14/h5-6,9-11,14H,2-4,7-8,12H2,1H3,(H,21,22,24)(H2,23,25,26,27). The summed E-state index contributed by atoms with van der Waals surface area (Å²) < 4.78 is 0. The lowest BCUT2D eigenvalue weighted by molar-refractivity contribution is -0.113. The number of hydrogen-bond acceptors (Lipinski definition) is 6. The summed E-state index contributed by atoms with van der Waals surface area (Å²) in [6.45, 7) is 1.89. The van der Waals surface area contributed by atoms with Crippen LogP contribution in [0.4, 0.5) is 11.6 Å². The van der Waals surface area contributed by atoms with Crippen molar-refractivity contribution in [2.75, 3.05) is 16.4 Å². The number of aromatic amines is 1. The second-order valence-electron chi connectivity index (χ2n) is 7.12. The van der Waals surface area contributed by atoms with E-state index >= 15 is 0 Å². The fourth-order valence-corrected chi connectivity index (χ4v) is 4.11. The first kappa shape index (κ1) is 18.7. The molecule has 3 N–H and O–H groups in total. The van der Waals surface area contributed by atoms with Gasteiger partial charge in [-0.25, -0.2) is 9.97 Å². The number of amides is 1. The van der Waals surface area contributed by atoms with Crippen LogP contribution in [0, 0.1) is 6.92 Å². The minimum absolute atomic E-state index is 0.130. The highest BCUT2D eigenvalue weighted by molar-refractivity contribution is 7.99. The third kappa shape index (κ3) is 4.62. The number of rotatable bonds is 6. The van der Waals surface area contributed by atoms with Gasteiger partial charge in [0.2, 0.25) is 5.91 Å². The molecule has 7 nitrogen and oxygen atoms in total. The number of nitrogens with zero attached hydrogens (tertiary/aromatic N) is 3. The van der Waals surface area contributed by atoms with Crippen molar-refractivity contribution >= 4 is 40.2 Å². The second-order valence-corrected chi connectivity index (χ2v) is 8.07. The van der Waals surface area contributed by atoms with Crippen molar-refractivity contribution in [2.45, 2.75) is 50.2 Å². The highest BCUT2D eigenvalue weighted by atomic mass is 32.2. The van der Waals surface area contributed by atoms with Gasteiger partial charge < -0.3 is 10.6 Å². The molecule has 146 valence electrons. The van der Waals surface area contributed by atoms with E-state index in [2.05, 4.69) is 25.8 Å². The molecule has 28 heavy (non-hydrogen) atoms. The zero-order valence-electron chi connectivity index (χ0n) is 15.9. The van der Waals surface area contributed by atoms with Gasteiger partial charge in [-0.3, -0.25) is 9.89 Å². The molecule has 8 heteroatoms. The number of carbonyl (C=O) groups excluding carboxylic acids is 1. The molecular weight excluding hydrogens is 372 g/mol. The molecule has 1 aliphatic carbocycles. The molecule has 1 aromatic carbocycles. The molecule has 0 bridgehead atoms. The predicted octanol–water partition coefficient (Wildman–Crippen LogP) is 4.14. The maximum absolute atomic E-state index is 12.2. The van der Waals surface area contributed by atoms with E-state index in [0.717, 1.165) is 22.4 Å². The Hall–Kier alpha value is -2.61. The van der Waals surface area contributed by atoms with E-state index in [0.29, 0.717) is 17.0 Å². The van der Waals surface area contributed by atoms with Crippen LogP contribution in [-0.4, -0.2) is 37.9 Å². The monoisotopic (exact) mass is 396 g/mol. The summed E-state index contributed by atoms with van der Waals surface area (Å²) in [5.74, 6) is 1.49. The van der Waals surface area contributed by atoms with Crippen LogP contribution in [0.5, 0.6) is 0 Å². The summed E-state index contributed by atoms with van der Waals surface area (Å²) in [7, 11) is 0. The van der Waals surface area contributed by atoms with Crippen molar-refractivity contribution in [3.63, 3.8) is 0 Å². The third-order valence-electron chi connectivity index (χ3n) is 4.83. The predicted molar refractivity (Wildman–Crippen MR) is 113 cm³/mol. The van der Waals surface area contributed by atoms with E-state index in [1.807, 2.05) is 31.2 Å². The van der Waals surface area contributed by atoms with Gasteiger partial charge in [-0.05, 0) is 31.9 Å². The minimum atomic E-state index is -0.130. The average Bonchev–Trinajstić information content (AvgIpc) is 3.12. The number of H-pyrrole nitrogens is 1. The van der Waals surface area contributed by atoms with Gasteiger partial charge in [0.25, 0.3) is 0 Å². The summed E-state index contributed by atoms with van der Waals surface area (Å²) in [6.07, 6.45) is 6.18. The van der Waals surface area contributed by atoms with E-state index in [4.69, 9.17) is 4.98 Å². The molecular formula is C20H24N6OS. The SMILES string of the molecule is Cc1cc(NC(=O)CSc2nc(NC3CCCCC3)c3ccccc3n2)n[nH]1. The Labute approximate surface area is 168 Å². The molecule has 1 saturated carbocycles. The van der Waals surface area contributed by atoms with Gasteiger partial charge in [-0.1, -0.05) is 43.2 Å². The smallest absolute Gasteiger partial charge is 0.236 e. The van der Waals surface area contributed by atoms with E-state index in [1.165, 1.54) is 43.9 Å². The lowest BCUT2D eigenvalue weighted by Gasteiger charge is -2.24. The first-order chi connectivity index (χ1) is 13.7. The zero-order chi connectivity index (χ0) is 19.3. The van der Waals surface area contributed by atoms with Crippen molar-refractivity contribution in [1.82, 2.24) is 20.2 Å². The summed E-state index contributed by atoms with van der Waals surface area (Å²) in [5, 5.41) is 14.8. The summed E-state index contributed by atoms with van der Waals surface area (Å²) in [6, 6.07) is 10.3. The van der Waals surface area contributed by atoms with E-state index < -0.39 is 0 Å². The number of aryl methyl sites for hydroxylation is 1. The van der Waals surface area contributed by atoms with Crippen molar-refractivity contribution in [3.05, 3.63) is 36.0 Å². The largest absolute Gasteiger partial charge is 0.367 e. The highest BCUT2D eigenvalue weighted by Gasteiger charge is 2.16. The van der Waals surface area contributed by atoms with Crippen molar-refractivity contribution in [2.24, 2.45) is 0 Å².